The SMILES string of the molecule is CCc1nn(CC)c(CC2(O)CCCC2S(C)(=O)=O)c1Cl. The Morgan fingerprint density at radius 1 is 1.48 bits per heavy atom. The van der Waals surface area contributed by atoms with Crippen molar-refractivity contribution in [2.75, 3.05) is 6.26 Å². The number of aromatic nitrogens is 2. The van der Waals surface area contributed by atoms with Gasteiger partial charge in [0.15, 0.2) is 9.84 Å². The van der Waals surface area contributed by atoms with Gasteiger partial charge in [0.2, 0.25) is 0 Å². The van der Waals surface area contributed by atoms with Gasteiger partial charge in [0.25, 0.3) is 0 Å². The van der Waals surface area contributed by atoms with Gasteiger partial charge in [-0.1, -0.05) is 18.5 Å². The summed E-state index contributed by atoms with van der Waals surface area (Å²) in [6, 6.07) is 0. The second kappa shape index (κ2) is 5.89. The average molecular weight is 335 g/mol. The lowest BCUT2D eigenvalue weighted by Crippen LogP contribution is -2.44. The molecule has 2 rings (SSSR count). The molecule has 0 aliphatic heterocycles. The summed E-state index contributed by atoms with van der Waals surface area (Å²) in [5, 5.41) is 15.2. The van der Waals surface area contributed by atoms with Gasteiger partial charge in [-0.3, -0.25) is 4.68 Å². The Bertz CT molecular complexity index is 626. The van der Waals surface area contributed by atoms with Crippen LogP contribution in [0.5, 0.6) is 0 Å². The molecule has 2 atom stereocenters. The molecule has 1 aromatic rings. The highest BCUT2D eigenvalue weighted by molar-refractivity contribution is 7.91. The second-order valence-electron chi connectivity index (χ2n) is 5.87. The highest BCUT2D eigenvalue weighted by Crippen LogP contribution is 2.39. The Morgan fingerprint density at radius 2 is 2.14 bits per heavy atom. The van der Waals surface area contributed by atoms with E-state index in [0.717, 1.165) is 11.4 Å². The predicted octanol–water partition coefficient (Wildman–Crippen LogP) is 1.99. The summed E-state index contributed by atoms with van der Waals surface area (Å²) < 4.78 is 25.6. The topological polar surface area (TPSA) is 72.2 Å². The van der Waals surface area contributed by atoms with E-state index < -0.39 is 20.7 Å². The van der Waals surface area contributed by atoms with E-state index in [-0.39, 0.29) is 6.42 Å². The minimum atomic E-state index is -3.28. The van der Waals surface area contributed by atoms with Gasteiger partial charge in [-0.15, -0.1) is 0 Å². The van der Waals surface area contributed by atoms with Gasteiger partial charge in [-0.25, -0.2) is 8.42 Å². The largest absolute Gasteiger partial charge is 0.388 e. The van der Waals surface area contributed by atoms with Crippen LogP contribution in [0.4, 0.5) is 0 Å². The summed E-state index contributed by atoms with van der Waals surface area (Å²) in [4.78, 5) is 0. The fourth-order valence-electron chi connectivity index (χ4n) is 3.31. The summed E-state index contributed by atoms with van der Waals surface area (Å²) in [5.41, 5.74) is 0.301. The Hall–Kier alpha value is -0.590. The van der Waals surface area contributed by atoms with Crippen LogP contribution in [0.3, 0.4) is 0 Å². The van der Waals surface area contributed by atoms with E-state index in [1.165, 1.54) is 6.26 Å². The molecule has 2 unspecified atom stereocenters. The van der Waals surface area contributed by atoms with E-state index in [2.05, 4.69) is 5.10 Å². The number of aryl methyl sites for hydroxylation is 2. The molecule has 1 aromatic heterocycles. The van der Waals surface area contributed by atoms with Crippen LogP contribution < -0.4 is 0 Å². The van der Waals surface area contributed by atoms with Crippen molar-refractivity contribution in [3.63, 3.8) is 0 Å². The lowest BCUT2D eigenvalue weighted by Gasteiger charge is -2.29. The first-order chi connectivity index (χ1) is 9.73. The highest BCUT2D eigenvalue weighted by Gasteiger charge is 2.47. The molecular formula is C14H23ClN2O3S. The van der Waals surface area contributed by atoms with Crippen LogP contribution in [0.25, 0.3) is 0 Å². The molecule has 1 saturated carbocycles. The Balaban J connectivity index is 2.39. The summed E-state index contributed by atoms with van der Waals surface area (Å²) in [6.07, 6.45) is 3.86. The molecule has 1 fully saturated rings. The third-order valence-corrected chi connectivity index (χ3v) is 6.50. The van der Waals surface area contributed by atoms with Gasteiger partial charge in [-0.05, 0) is 32.6 Å². The molecule has 0 saturated heterocycles. The van der Waals surface area contributed by atoms with Crippen molar-refractivity contribution in [3.05, 3.63) is 16.4 Å². The van der Waals surface area contributed by atoms with E-state index in [1.54, 1.807) is 4.68 Å². The number of hydrogen-bond donors (Lipinski definition) is 1. The summed E-state index contributed by atoms with van der Waals surface area (Å²) >= 11 is 6.37. The molecular weight excluding hydrogens is 312 g/mol. The van der Waals surface area contributed by atoms with Gasteiger partial charge in [-0.2, -0.15) is 5.10 Å². The van der Waals surface area contributed by atoms with E-state index in [1.807, 2.05) is 13.8 Å². The van der Waals surface area contributed by atoms with Crippen molar-refractivity contribution in [1.29, 1.82) is 0 Å². The van der Waals surface area contributed by atoms with E-state index in [9.17, 15) is 13.5 Å². The molecule has 5 nitrogen and oxygen atoms in total. The zero-order chi connectivity index (χ0) is 15.8. The van der Waals surface area contributed by atoms with Gasteiger partial charge >= 0.3 is 0 Å². The highest BCUT2D eigenvalue weighted by atomic mass is 35.5. The number of nitrogens with zero attached hydrogens (tertiary/aromatic N) is 2. The molecule has 21 heavy (non-hydrogen) atoms. The first kappa shape index (κ1) is 16.8. The lowest BCUT2D eigenvalue weighted by atomic mass is 9.95. The molecule has 120 valence electrons. The van der Waals surface area contributed by atoms with Gasteiger partial charge in [0.1, 0.15) is 0 Å². The van der Waals surface area contributed by atoms with Crippen LogP contribution in [-0.2, 0) is 29.2 Å². The summed E-state index contributed by atoms with van der Waals surface area (Å²) in [7, 11) is -3.28. The molecule has 7 heteroatoms. The second-order valence-corrected chi connectivity index (χ2v) is 8.47. The third-order valence-electron chi connectivity index (χ3n) is 4.36. The maximum Gasteiger partial charge on any atom is 0.153 e. The van der Waals surface area contributed by atoms with Gasteiger partial charge < -0.3 is 5.11 Å². The Morgan fingerprint density at radius 3 is 2.67 bits per heavy atom. The van der Waals surface area contributed by atoms with Crippen molar-refractivity contribution in [1.82, 2.24) is 9.78 Å². The van der Waals surface area contributed by atoms with Crippen molar-refractivity contribution in [2.45, 2.75) is 63.3 Å². The van der Waals surface area contributed by atoms with Crippen LogP contribution in [0, 0.1) is 0 Å². The maximum atomic E-state index is 11.9. The monoisotopic (exact) mass is 334 g/mol. The number of hydrogen-bond acceptors (Lipinski definition) is 4. The van der Waals surface area contributed by atoms with Gasteiger partial charge in [0, 0.05) is 19.2 Å². The Labute approximate surface area is 131 Å². The molecule has 0 bridgehead atoms. The number of rotatable bonds is 5. The van der Waals surface area contributed by atoms with Crippen molar-refractivity contribution in [2.24, 2.45) is 0 Å². The zero-order valence-electron chi connectivity index (χ0n) is 12.8. The third kappa shape index (κ3) is 3.12. The molecule has 1 aliphatic rings. The van der Waals surface area contributed by atoms with Crippen LogP contribution in [0.2, 0.25) is 5.02 Å². The van der Waals surface area contributed by atoms with Crippen LogP contribution >= 0.6 is 11.6 Å². The minimum Gasteiger partial charge on any atom is -0.388 e. The first-order valence-electron chi connectivity index (χ1n) is 7.38. The quantitative estimate of drug-likeness (QED) is 0.893. The minimum absolute atomic E-state index is 0.240. The first-order valence-corrected chi connectivity index (χ1v) is 9.71. The lowest BCUT2D eigenvalue weighted by molar-refractivity contribution is 0.0492. The van der Waals surface area contributed by atoms with Crippen LogP contribution in [-0.4, -0.2) is 40.4 Å². The number of sulfone groups is 1. The molecule has 1 N–H and O–H groups in total. The van der Waals surface area contributed by atoms with E-state index >= 15 is 0 Å². The molecule has 1 aliphatic carbocycles. The number of aliphatic hydroxyl groups is 1. The summed E-state index contributed by atoms with van der Waals surface area (Å²) in [6.45, 7) is 4.58. The molecule has 0 radical (unpaired) electrons. The van der Waals surface area contributed by atoms with Crippen molar-refractivity contribution in [3.8, 4) is 0 Å². The predicted molar refractivity (Wildman–Crippen MR) is 83.4 cm³/mol. The molecule has 0 spiro atoms. The molecule has 0 aromatic carbocycles. The zero-order valence-corrected chi connectivity index (χ0v) is 14.3. The van der Waals surface area contributed by atoms with Crippen LogP contribution in [0.15, 0.2) is 0 Å². The van der Waals surface area contributed by atoms with E-state index in [4.69, 9.17) is 11.6 Å². The standard InChI is InChI=1S/C14H23ClN2O3S/c1-4-10-13(15)11(17(5-2)16-10)9-14(18)8-6-7-12(14)21(3,19)20/h12,18H,4-9H2,1-3H3. The van der Waals surface area contributed by atoms with Gasteiger partial charge in [0.05, 0.1) is 27.3 Å². The van der Waals surface area contributed by atoms with E-state index in [0.29, 0.717) is 37.3 Å². The molecule has 0 amide bonds. The smallest absolute Gasteiger partial charge is 0.153 e. The van der Waals surface area contributed by atoms with Crippen molar-refractivity contribution < 1.29 is 13.5 Å². The fourth-order valence-corrected chi connectivity index (χ4v) is 5.24. The molecule has 1 heterocycles. The van der Waals surface area contributed by atoms with Crippen molar-refractivity contribution >= 4 is 21.4 Å². The average Bonchev–Trinajstić information content (AvgIpc) is 2.92. The maximum absolute atomic E-state index is 11.9. The van der Waals surface area contributed by atoms with Crippen LogP contribution in [0.1, 0.15) is 44.5 Å². The summed E-state index contributed by atoms with van der Waals surface area (Å²) in [5.74, 6) is 0. The fraction of sp³-hybridized carbons (Fsp3) is 0.786. The normalized spacial score (nSPS) is 26.4. The Kier molecular flexibility index (Phi) is 4.71. The number of halogens is 1.